The van der Waals surface area contributed by atoms with Gasteiger partial charge in [-0.05, 0) is 23.6 Å². The van der Waals surface area contributed by atoms with E-state index in [4.69, 9.17) is 23.2 Å². The fraction of sp³-hybridized carbons (Fsp3) is 0.500. The molecule has 1 aliphatic heterocycles. The lowest BCUT2D eigenvalue weighted by Gasteiger charge is -2.13. The highest BCUT2D eigenvalue weighted by molar-refractivity contribution is 6.65. The molecule has 1 aliphatic rings. The van der Waals surface area contributed by atoms with E-state index in [0.29, 0.717) is 5.29 Å². The van der Waals surface area contributed by atoms with Gasteiger partial charge in [-0.1, -0.05) is 18.5 Å². The van der Waals surface area contributed by atoms with Crippen molar-refractivity contribution < 1.29 is 0 Å². The maximum atomic E-state index is 5.80. The molecular weight excluding hydrogens is 171 g/mol. The van der Waals surface area contributed by atoms with Crippen molar-refractivity contribution in [2.45, 2.75) is 18.8 Å². The van der Waals surface area contributed by atoms with Crippen LogP contribution in [0.4, 0.5) is 0 Å². The Balaban J connectivity index is 2.66. The predicted octanol–water partition coefficient (Wildman–Crippen LogP) is 2.04. The number of aliphatic imine (C=N–C) groups is 1. The van der Waals surface area contributed by atoms with Gasteiger partial charge in [0.1, 0.15) is 5.50 Å². The van der Waals surface area contributed by atoms with Crippen molar-refractivity contribution in [3.63, 3.8) is 0 Å². The lowest BCUT2D eigenvalue weighted by Crippen LogP contribution is -2.20. The monoisotopic (exact) mass is 178 g/mol. The summed E-state index contributed by atoms with van der Waals surface area (Å²) < 4.78 is 0. The van der Waals surface area contributed by atoms with Crippen LogP contribution in [0.5, 0.6) is 0 Å². The average molecular weight is 179 g/mol. The molecule has 0 saturated heterocycles. The molecule has 1 atom stereocenters. The minimum absolute atomic E-state index is 0.279. The van der Waals surface area contributed by atoms with Crippen molar-refractivity contribution in [3.8, 4) is 0 Å². The first-order chi connectivity index (χ1) is 4.74. The van der Waals surface area contributed by atoms with Crippen LogP contribution in [0.2, 0.25) is 0 Å². The molecule has 0 aromatic heterocycles. The highest BCUT2D eigenvalue weighted by atomic mass is 35.5. The molecule has 0 aromatic rings. The third-order valence-electron chi connectivity index (χ3n) is 1.32. The third kappa shape index (κ3) is 1.64. The number of alkyl halides is 1. The maximum Gasteiger partial charge on any atom is 0.197 e. The lowest BCUT2D eigenvalue weighted by atomic mass is 10.2. The van der Waals surface area contributed by atoms with E-state index in [1.54, 1.807) is 6.20 Å². The Hall–Kier alpha value is -0.210. The number of hydrogen-bond donors (Lipinski definition) is 1. The molecule has 4 heteroatoms. The summed E-state index contributed by atoms with van der Waals surface area (Å²) in [6.07, 6.45) is 2.70. The first kappa shape index (κ1) is 7.89. The first-order valence-corrected chi connectivity index (χ1v) is 3.88. The Bertz CT molecular complexity index is 186. The normalized spacial score (nSPS) is 24.9. The summed E-state index contributed by atoms with van der Waals surface area (Å²) in [6.45, 7) is 2.03. The summed E-state index contributed by atoms with van der Waals surface area (Å²) in [7, 11) is 0. The summed E-state index contributed by atoms with van der Waals surface area (Å²) >= 11 is 11.3. The van der Waals surface area contributed by atoms with Crippen LogP contribution < -0.4 is 5.32 Å². The first-order valence-electron chi connectivity index (χ1n) is 3.07. The zero-order chi connectivity index (χ0) is 7.56. The number of nitrogens with zero attached hydrogens (tertiary/aromatic N) is 1. The molecule has 56 valence electrons. The van der Waals surface area contributed by atoms with Gasteiger partial charge in [-0.15, -0.1) is 0 Å². The van der Waals surface area contributed by atoms with Gasteiger partial charge in [-0.2, -0.15) is 0 Å². The van der Waals surface area contributed by atoms with Crippen LogP contribution in [0.3, 0.4) is 0 Å². The van der Waals surface area contributed by atoms with Crippen LogP contribution in [-0.4, -0.2) is 10.8 Å². The molecule has 1 rings (SSSR count). The number of hydrogen-bond acceptors (Lipinski definition) is 2. The minimum atomic E-state index is -0.279. The van der Waals surface area contributed by atoms with E-state index >= 15 is 0 Å². The van der Waals surface area contributed by atoms with Crippen molar-refractivity contribution in [1.82, 2.24) is 5.32 Å². The number of amidine groups is 1. The Morgan fingerprint density at radius 3 is 3.00 bits per heavy atom. The topological polar surface area (TPSA) is 24.4 Å². The summed E-state index contributed by atoms with van der Waals surface area (Å²) in [4.78, 5) is 3.90. The van der Waals surface area contributed by atoms with Gasteiger partial charge >= 0.3 is 0 Å². The van der Waals surface area contributed by atoms with E-state index < -0.39 is 0 Å². The van der Waals surface area contributed by atoms with Crippen molar-refractivity contribution in [2.75, 3.05) is 0 Å². The van der Waals surface area contributed by atoms with E-state index in [-0.39, 0.29) is 5.50 Å². The lowest BCUT2D eigenvalue weighted by molar-refractivity contribution is 0.905. The van der Waals surface area contributed by atoms with Crippen molar-refractivity contribution in [3.05, 3.63) is 11.8 Å². The van der Waals surface area contributed by atoms with E-state index in [1.165, 1.54) is 0 Å². The Labute approximate surface area is 69.9 Å². The summed E-state index contributed by atoms with van der Waals surface area (Å²) in [5.41, 5.74) is 0.782. The highest BCUT2D eigenvalue weighted by Crippen LogP contribution is 2.17. The second kappa shape index (κ2) is 3.26. The van der Waals surface area contributed by atoms with Gasteiger partial charge in [0.2, 0.25) is 0 Å². The molecular formula is C6H8Cl2N2. The van der Waals surface area contributed by atoms with Gasteiger partial charge in [-0.25, -0.2) is 4.99 Å². The van der Waals surface area contributed by atoms with Crippen molar-refractivity contribution in [1.29, 1.82) is 0 Å². The van der Waals surface area contributed by atoms with Gasteiger partial charge in [0, 0.05) is 6.20 Å². The Morgan fingerprint density at radius 2 is 2.50 bits per heavy atom. The van der Waals surface area contributed by atoms with Gasteiger partial charge in [0.25, 0.3) is 0 Å². The van der Waals surface area contributed by atoms with Gasteiger partial charge in [0.15, 0.2) is 5.29 Å². The largest absolute Gasteiger partial charge is 0.337 e. The second-order valence-corrected chi connectivity index (χ2v) is 2.74. The SMILES string of the molecule is CCC1=CNC(Cl)=NC1Cl. The summed E-state index contributed by atoms with van der Waals surface area (Å²) in [6, 6.07) is 0. The van der Waals surface area contributed by atoms with E-state index in [0.717, 1.165) is 12.0 Å². The Kier molecular flexibility index (Phi) is 2.57. The van der Waals surface area contributed by atoms with Crippen LogP contribution in [0, 0.1) is 0 Å². The molecule has 0 saturated carbocycles. The molecule has 2 nitrogen and oxygen atoms in total. The minimum Gasteiger partial charge on any atom is -0.337 e. The molecule has 0 bridgehead atoms. The second-order valence-electron chi connectivity index (χ2n) is 1.97. The fourth-order valence-electron chi connectivity index (χ4n) is 0.711. The molecule has 10 heavy (non-hydrogen) atoms. The zero-order valence-corrected chi connectivity index (χ0v) is 7.08. The molecule has 0 aliphatic carbocycles. The number of rotatable bonds is 1. The van der Waals surface area contributed by atoms with Gasteiger partial charge in [0.05, 0.1) is 0 Å². The number of halogens is 2. The van der Waals surface area contributed by atoms with E-state index in [9.17, 15) is 0 Å². The predicted molar refractivity (Wildman–Crippen MR) is 44.4 cm³/mol. The van der Waals surface area contributed by atoms with Crippen LogP contribution in [-0.2, 0) is 0 Å². The highest BCUT2D eigenvalue weighted by Gasteiger charge is 2.12. The summed E-state index contributed by atoms with van der Waals surface area (Å²) in [5, 5.41) is 3.14. The average Bonchev–Trinajstić information content (AvgIpc) is 1.88. The Morgan fingerprint density at radius 1 is 1.80 bits per heavy atom. The summed E-state index contributed by atoms with van der Waals surface area (Å²) in [5.74, 6) is 0. The molecule has 0 fully saturated rings. The maximum absolute atomic E-state index is 5.80. The van der Waals surface area contributed by atoms with E-state index in [1.807, 2.05) is 6.92 Å². The van der Waals surface area contributed by atoms with Crippen LogP contribution in [0.1, 0.15) is 13.3 Å². The third-order valence-corrected chi connectivity index (χ3v) is 1.90. The van der Waals surface area contributed by atoms with Gasteiger partial charge in [-0.3, -0.25) is 0 Å². The molecule has 0 amide bonds. The molecule has 1 N–H and O–H groups in total. The van der Waals surface area contributed by atoms with Gasteiger partial charge < -0.3 is 5.32 Å². The van der Waals surface area contributed by atoms with Crippen LogP contribution in [0.25, 0.3) is 0 Å². The quantitative estimate of drug-likeness (QED) is 0.483. The fourth-order valence-corrected chi connectivity index (χ4v) is 1.23. The van der Waals surface area contributed by atoms with Crippen molar-refractivity contribution >= 4 is 28.5 Å². The standard InChI is InChI=1S/C6H8Cl2N2/c1-2-4-3-9-6(8)10-5(4)7/h3,5H,2H2,1H3,(H,9,10). The molecule has 1 unspecified atom stereocenters. The van der Waals surface area contributed by atoms with E-state index in [2.05, 4.69) is 10.3 Å². The molecule has 0 spiro atoms. The number of nitrogens with one attached hydrogen (secondary N) is 1. The van der Waals surface area contributed by atoms with Crippen LogP contribution >= 0.6 is 23.2 Å². The van der Waals surface area contributed by atoms with Crippen molar-refractivity contribution in [2.24, 2.45) is 4.99 Å². The zero-order valence-electron chi connectivity index (χ0n) is 5.56. The molecule has 1 heterocycles. The smallest absolute Gasteiger partial charge is 0.197 e. The molecule has 0 aromatic carbocycles. The molecule has 0 radical (unpaired) electrons. The van der Waals surface area contributed by atoms with Crippen LogP contribution in [0.15, 0.2) is 16.8 Å².